The van der Waals surface area contributed by atoms with Gasteiger partial charge in [-0.25, -0.2) is 4.79 Å². The highest BCUT2D eigenvalue weighted by molar-refractivity contribution is 7.98. The zero-order chi connectivity index (χ0) is 26.4. The number of nitrogens with two attached hydrogens (primary N) is 3. The monoisotopic (exact) mass is 504 g/mol. The van der Waals surface area contributed by atoms with Gasteiger partial charge in [0.05, 0.1) is 6.04 Å². The van der Waals surface area contributed by atoms with E-state index in [2.05, 4.69) is 16.0 Å². The molecular formula is C20H36N6O7S. The topological polar surface area (TPSA) is 237 Å². The number of carbonyl (C=O) groups excluding carboxylic acids is 5. The Morgan fingerprint density at radius 1 is 0.794 bits per heavy atom. The van der Waals surface area contributed by atoms with E-state index in [4.69, 9.17) is 17.2 Å². The molecule has 5 amide bonds. The summed E-state index contributed by atoms with van der Waals surface area (Å²) in [5, 5.41) is 16.7. The van der Waals surface area contributed by atoms with E-state index in [1.165, 1.54) is 11.8 Å². The molecule has 10 N–H and O–H groups in total. The van der Waals surface area contributed by atoms with Crippen LogP contribution in [0.1, 0.15) is 46.0 Å². The molecule has 0 saturated heterocycles. The number of nitrogens with one attached hydrogen (secondary N) is 3. The number of primary amides is 2. The van der Waals surface area contributed by atoms with Crippen LogP contribution in [-0.4, -0.2) is 76.8 Å². The first-order valence-corrected chi connectivity index (χ1v) is 12.1. The summed E-state index contributed by atoms with van der Waals surface area (Å²) in [6.45, 7) is 3.31. The maximum absolute atomic E-state index is 12.9. The highest BCUT2D eigenvalue weighted by atomic mass is 32.2. The average molecular weight is 505 g/mol. The van der Waals surface area contributed by atoms with Gasteiger partial charge in [-0.15, -0.1) is 0 Å². The van der Waals surface area contributed by atoms with Crippen molar-refractivity contribution < 1.29 is 33.9 Å². The third-order valence-corrected chi connectivity index (χ3v) is 5.47. The number of carboxylic acid groups (broad SMARTS) is 1. The van der Waals surface area contributed by atoms with Gasteiger partial charge in [0.1, 0.15) is 18.1 Å². The molecule has 14 heteroatoms. The molecule has 4 atom stereocenters. The van der Waals surface area contributed by atoms with Crippen molar-refractivity contribution in [3.05, 3.63) is 0 Å². The predicted molar refractivity (Wildman–Crippen MR) is 126 cm³/mol. The number of thioether (sulfide) groups is 1. The fourth-order valence-electron chi connectivity index (χ4n) is 2.81. The molecule has 0 aliphatic carbocycles. The number of carbonyl (C=O) groups is 6. The van der Waals surface area contributed by atoms with Gasteiger partial charge in [0.2, 0.25) is 29.5 Å². The SMILES string of the molecule is CSCCC(NC(=O)C(CCC(N)=O)NC(=O)C(NC(=O)C(N)CCC(N)=O)C(C)C)C(=O)O. The van der Waals surface area contributed by atoms with Crippen LogP contribution >= 0.6 is 11.8 Å². The molecule has 0 fully saturated rings. The lowest BCUT2D eigenvalue weighted by Gasteiger charge is -2.27. The van der Waals surface area contributed by atoms with Crippen LogP contribution in [0.15, 0.2) is 0 Å². The second-order valence-electron chi connectivity index (χ2n) is 8.09. The summed E-state index contributed by atoms with van der Waals surface area (Å²) >= 11 is 1.41. The molecule has 0 aromatic heterocycles. The van der Waals surface area contributed by atoms with E-state index in [1.807, 2.05) is 0 Å². The molecule has 0 aromatic carbocycles. The molecule has 0 aromatic rings. The second-order valence-corrected chi connectivity index (χ2v) is 9.07. The Balaban J connectivity index is 5.43. The Morgan fingerprint density at radius 3 is 1.79 bits per heavy atom. The summed E-state index contributed by atoms with van der Waals surface area (Å²) < 4.78 is 0. The fraction of sp³-hybridized carbons (Fsp3) is 0.700. The van der Waals surface area contributed by atoms with Gasteiger partial charge in [0, 0.05) is 12.8 Å². The summed E-state index contributed by atoms with van der Waals surface area (Å²) in [5.41, 5.74) is 16.0. The van der Waals surface area contributed by atoms with Crippen LogP contribution in [0.5, 0.6) is 0 Å². The van der Waals surface area contributed by atoms with Gasteiger partial charge in [-0.2, -0.15) is 11.8 Å². The fourth-order valence-corrected chi connectivity index (χ4v) is 3.28. The molecular weight excluding hydrogens is 468 g/mol. The van der Waals surface area contributed by atoms with Gasteiger partial charge in [0.25, 0.3) is 0 Å². The average Bonchev–Trinajstić information content (AvgIpc) is 2.74. The van der Waals surface area contributed by atoms with E-state index in [1.54, 1.807) is 20.1 Å². The molecule has 0 rings (SSSR count). The minimum atomic E-state index is -1.27. The minimum absolute atomic E-state index is 0.0101. The lowest BCUT2D eigenvalue weighted by atomic mass is 10.0. The van der Waals surface area contributed by atoms with Crippen LogP contribution in [0.3, 0.4) is 0 Å². The normalized spacial score (nSPS) is 14.4. The minimum Gasteiger partial charge on any atom is -0.480 e. The smallest absolute Gasteiger partial charge is 0.326 e. The van der Waals surface area contributed by atoms with Crippen molar-refractivity contribution in [2.75, 3.05) is 12.0 Å². The quantitative estimate of drug-likeness (QED) is 0.113. The molecule has 0 radical (unpaired) electrons. The van der Waals surface area contributed by atoms with Crippen LogP contribution < -0.4 is 33.2 Å². The highest BCUT2D eigenvalue weighted by Crippen LogP contribution is 2.08. The summed E-state index contributed by atoms with van der Waals surface area (Å²) in [5.74, 6) is -4.72. The maximum atomic E-state index is 12.9. The summed E-state index contributed by atoms with van der Waals surface area (Å²) in [6, 6.07) is -4.62. The van der Waals surface area contributed by atoms with Crippen LogP contribution in [0.4, 0.5) is 0 Å². The van der Waals surface area contributed by atoms with Crippen LogP contribution in [0, 0.1) is 5.92 Å². The third-order valence-electron chi connectivity index (χ3n) is 4.82. The summed E-state index contributed by atoms with van der Waals surface area (Å²) in [4.78, 5) is 71.6. The van der Waals surface area contributed by atoms with Gasteiger partial charge in [-0.1, -0.05) is 13.8 Å². The first-order valence-electron chi connectivity index (χ1n) is 10.7. The van der Waals surface area contributed by atoms with E-state index < -0.39 is 65.6 Å². The van der Waals surface area contributed by atoms with Crippen molar-refractivity contribution in [1.82, 2.24) is 16.0 Å². The largest absolute Gasteiger partial charge is 0.480 e. The summed E-state index contributed by atoms with van der Waals surface area (Å²) in [6.07, 6.45) is 1.42. The highest BCUT2D eigenvalue weighted by Gasteiger charge is 2.31. The first kappa shape index (κ1) is 31.1. The van der Waals surface area contributed by atoms with Gasteiger partial charge in [0.15, 0.2) is 0 Å². The molecule has 0 spiro atoms. The molecule has 0 aliphatic rings. The van der Waals surface area contributed by atoms with Crippen molar-refractivity contribution in [2.24, 2.45) is 23.1 Å². The number of amides is 5. The molecule has 13 nitrogen and oxygen atoms in total. The molecule has 0 aliphatic heterocycles. The van der Waals surface area contributed by atoms with Crippen LogP contribution in [0.2, 0.25) is 0 Å². The predicted octanol–water partition coefficient (Wildman–Crippen LogP) is -2.21. The van der Waals surface area contributed by atoms with E-state index in [0.29, 0.717) is 5.75 Å². The van der Waals surface area contributed by atoms with E-state index in [-0.39, 0.29) is 32.1 Å². The molecule has 4 unspecified atom stereocenters. The van der Waals surface area contributed by atoms with Gasteiger partial charge < -0.3 is 38.3 Å². The van der Waals surface area contributed by atoms with E-state index in [0.717, 1.165) is 0 Å². The lowest BCUT2D eigenvalue weighted by Crippen LogP contribution is -2.58. The third kappa shape index (κ3) is 12.4. The Labute approximate surface area is 202 Å². The van der Waals surface area contributed by atoms with Gasteiger partial charge in [-0.05, 0) is 37.2 Å². The molecule has 194 valence electrons. The number of carboxylic acids is 1. The Morgan fingerprint density at radius 2 is 1.32 bits per heavy atom. The first-order chi connectivity index (χ1) is 15.8. The van der Waals surface area contributed by atoms with Crippen LogP contribution in [0.25, 0.3) is 0 Å². The second kappa shape index (κ2) is 15.9. The van der Waals surface area contributed by atoms with Crippen molar-refractivity contribution >= 4 is 47.3 Å². The van der Waals surface area contributed by atoms with Crippen molar-refractivity contribution in [3.63, 3.8) is 0 Å². The Hall–Kier alpha value is -2.87. The van der Waals surface area contributed by atoms with E-state index >= 15 is 0 Å². The maximum Gasteiger partial charge on any atom is 0.326 e. The molecule has 0 heterocycles. The number of hydrogen-bond acceptors (Lipinski definition) is 8. The molecule has 34 heavy (non-hydrogen) atoms. The Bertz CT molecular complexity index is 749. The van der Waals surface area contributed by atoms with Gasteiger partial charge >= 0.3 is 5.97 Å². The zero-order valence-corrected chi connectivity index (χ0v) is 20.5. The van der Waals surface area contributed by atoms with Crippen molar-refractivity contribution in [3.8, 4) is 0 Å². The van der Waals surface area contributed by atoms with Crippen LogP contribution in [-0.2, 0) is 28.8 Å². The van der Waals surface area contributed by atoms with Crippen molar-refractivity contribution in [2.45, 2.75) is 70.1 Å². The molecule has 0 saturated carbocycles. The number of rotatable bonds is 17. The van der Waals surface area contributed by atoms with E-state index in [9.17, 15) is 33.9 Å². The summed E-state index contributed by atoms with van der Waals surface area (Å²) in [7, 11) is 0. The number of hydrogen-bond donors (Lipinski definition) is 7. The standard InChI is InChI=1S/C20H36N6O7S/c1-10(2)16(26-17(29)11(21)4-6-14(22)27)19(31)24-12(5-7-15(23)28)18(30)25-13(20(32)33)8-9-34-3/h10-13,16H,4-9,21H2,1-3H3,(H2,22,27)(H2,23,28)(H,24,31)(H,25,30)(H,26,29)(H,32,33). The lowest BCUT2D eigenvalue weighted by molar-refractivity contribution is -0.142. The Kier molecular flexibility index (Phi) is 14.5. The molecule has 0 bridgehead atoms. The van der Waals surface area contributed by atoms with Gasteiger partial charge in [-0.3, -0.25) is 24.0 Å². The zero-order valence-electron chi connectivity index (χ0n) is 19.7. The van der Waals surface area contributed by atoms with Crippen molar-refractivity contribution in [1.29, 1.82) is 0 Å². The number of aliphatic carboxylic acids is 1.